The van der Waals surface area contributed by atoms with Crippen molar-refractivity contribution in [3.63, 3.8) is 0 Å². The highest BCUT2D eigenvalue weighted by Crippen LogP contribution is 2.29. The van der Waals surface area contributed by atoms with E-state index in [0.717, 1.165) is 24.5 Å². The molecule has 0 saturated carbocycles. The molecule has 0 aromatic heterocycles. The van der Waals surface area contributed by atoms with Crippen molar-refractivity contribution in [2.45, 2.75) is 13.3 Å². The van der Waals surface area contributed by atoms with E-state index in [2.05, 4.69) is 11.8 Å². The summed E-state index contributed by atoms with van der Waals surface area (Å²) in [6, 6.07) is 13.0. The van der Waals surface area contributed by atoms with Gasteiger partial charge in [-0.05, 0) is 55.3 Å². The van der Waals surface area contributed by atoms with Crippen molar-refractivity contribution in [3.05, 3.63) is 58.1 Å². The summed E-state index contributed by atoms with van der Waals surface area (Å²) in [6.07, 6.45) is 0.550. The predicted octanol–water partition coefficient (Wildman–Crippen LogP) is 4.00. The zero-order valence-electron chi connectivity index (χ0n) is 16.3. The van der Waals surface area contributed by atoms with E-state index in [0.29, 0.717) is 36.1 Å². The lowest BCUT2D eigenvalue weighted by molar-refractivity contribution is -0.140. The molecule has 0 radical (unpaired) electrons. The number of carbonyl (C=O) groups is 2. The number of rotatable bonds is 3. The van der Waals surface area contributed by atoms with E-state index in [-0.39, 0.29) is 11.8 Å². The number of amides is 2. The SMILES string of the molecule is Cc1ccc(Cl)cc1N1CCN(C(=O)C2CCN(c3ccc(Cl)cc3)C2=O)CC1. The third-order valence-corrected chi connectivity index (χ3v) is 6.23. The lowest BCUT2D eigenvalue weighted by Gasteiger charge is -2.37. The van der Waals surface area contributed by atoms with E-state index in [1.807, 2.05) is 35.2 Å². The van der Waals surface area contributed by atoms with E-state index >= 15 is 0 Å². The first-order valence-corrected chi connectivity index (χ1v) is 10.6. The smallest absolute Gasteiger partial charge is 0.239 e. The first-order valence-electron chi connectivity index (χ1n) is 9.81. The Kier molecular flexibility index (Phi) is 5.70. The molecule has 5 nitrogen and oxygen atoms in total. The molecule has 2 aromatic rings. The van der Waals surface area contributed by atoms with Gasteiger partial charge in [-0.2, -0.15) is 0 Å². The summed E-state index contributed by atoms with van der Waals surface area (Å²) in [6.45, 7) is 5.29. The van der Waals surface area contributed by atoms with E-state index in [1.54, 1.807) is 17.0 Å². The topological polar surface area (TPSA) is 43.9 Å². The number of halogens is 2. The van der Waals surface area contributed by atoms with Crippen molar-refractivity contribution >= 4 is 46.4 Å². The zero-order chi connectivity index (χ0) is 20.5. The Morgan fingerprint density at radius 1 is 0.931 bits per heavy atom. The zero-order valence-corrected chi connectivity index (χ0v) is 17.8. The van der Waals surface area contributed by atoms with Crippen molar-refractivity contribution < 1.29 is 9.59 Å². The van der Waals surface area contributed by atoms with Crippen molar-refractivity contribution in [2.24, 2.45) is 5.92 Å². The molecule has 4 rings (SSSR count). The number of nitrogens with zero attached hydrogens (tertiary/aromatic N) is 3. The lowest BCUT2D eigenvalue weighted by atomic mass is 10.1. The molecule has 1 atom stereocenters. The molecule has 2 amide bonds. The fourth-order valence-corrected chi connectivity index (χ4v) is 4.39. The highest BCUT2D eigenvalue weighted by atomic mass is 35.5. The minimum absolute atomic E-state index is 0.0612. The third-order valence-electron chi connectivity index (χ3n) is 5.75. The van der Waals surface area contributed by atoms with Gasteiger partial charge >= 0.3 is 0 Å². The minimum Gasteiger partial charge on any atom is -0.368 e. The van der Waals surface area contributed by atoms with Crippen LogP contribution in [0.2, 0.25) is 10.0 Å². The normalized spacial score (nSPS) is 19.8. The standard InChI is InChI=1S/C22H23Cl2N3O2/c1-15-2-3-17(24)14-20(15)25-10-12-26(13-11-25)21(28)19-8-9-27(22(19)29)18-6-4-16(23)5-7-18/h2-7,14,19H,8-13H2,1H3. The highest BCUT2D eigenvalue weighted by Gasteiger charge is 2.40. The Morgan fingerprint density at radius 3 is 2.28 bits per heavy atom. The van der Waals surface area contributed by atoms with Crippen LogP contribution in [-0.2, 0) is 9.59 Å². The first-order chi connectivity index (χ1) is 13.9. The maximum absolute atomic E-state index is 13.0. The Bertz CT molecular complexity index is 924. The third kappa shape index (κ3) is 4.07. The molecule has 2 aromatic carbocycles. The van der Waals surface area contributed by atoms with Gasteiger partial charge in [0.25, 0.3) is 0 Å². The largest absolute Gasteiger partial charge is 0.368 e. The quantitative estimate of drug-likeness (QED) is 0.689. The van der Waals surface area contributed by atoms with Gasteiger partial charge in [-0.15, -0.1) is 0 Å². The molecule has 2 saturated heterocycles. The monoisotopic (exact) mass is 431 g/mol. The van der Waals surface area contributed by atoms with Gasteiger partial charge in [-0.3, -0.25) is 9.59 Å². The van der Waals surface area contributed by atoms with Crippen molar-refractivity contribution in [3.8, 4) is 0 Å². The average molecular weight is 432 g/mol. The van der Waals surface area contributed by atoms with Crippen molar-refractivity contribution in [2.75, 3.05) is 42.5 Å². The molecule has 0 N–H and O–H groups in total. The van der Waals surface area contributed by atoms with Crippen LogP contribution in [0, 0.1) is 12.8 Å². The Balaban J connectivity index is 1.39. The van der Waals surface area contributed by atoms with E-state index in [1.165, 1.54) is 5.56 Å². The van der Waals surface area contributed by atoms with Gasteiger partial charge in [0.1, 0.15) is 5.92 Å². The number of hydrogen-bond donors (Lipinski definition) is 0. The molecule has 1 unspecified atom stereocenters. The fourth-order valence-electron chi connectivity index (χ4n) is 4.10. The van der Waals surface area contributed by atoms with Gasteiger partial charge in [0.2, 0.25) is 11.8 Å². The number of anilines is 2. The molecule has 2 fully saturated rings. The van der Waals surface area contributed by atoms with E-state index in [9.17, 15) is 9.59 Å². The number of carbonyl (C=O) groups excluding carboxylic acids is 2. The number of hydrogen-bond acceptors (Lipinski definition) is 3. The summed E-state index contributed by atoms with van der Waals surface area (Å²) in [7, 11) is 0. The van der Waals surface area contributed by atoms with Gasteiger partial charge in [0, 0.05) is 54.1 Å². The highest BCUT2D eigenvalue weighted by molar-refractivity contribution is 6.31. The van der Waals surface area contributed by atoms with Crippen LogP contribution in [0.3, 0.4) is 0 Å². The summed E-state index contributed by atoms with van der Waals surface area (Å²) >= 11 is 12.1. The van der Waals surface area contributed by atoms with E-state index in [4.69, 9.17) is 23.2 Å². The Hall–Kier alpha value is -2.24. The molecule has 29 heavy (non-hydrogen) atoms. The average Bonchev–Trinajstić information content (AvgIpc) is 3.11. The van der Waals surface area contributed by atoms with Crippen LogP contribution in [0.25, 0.3) is 0 Å². The molecule has 7 heteroatoms. The van der Waals surface area contributed by atoms with Gasteiger partial charge in [0.15, 0.2) is 0 Å². The molecule has 152 valence electrons. The molecule has 2 aliphatic heterocycles. The molecule has 0 bridgehead atoms. The summed E-state index contributed by atoms with van der Waals surface area (Å²) in [5, 5.41) is 1.34. The summed E-state index contributed by atoms with van der Waals surface area (Å²) < 4.78 is 0. The lowest BCUT2D eigenvalue weighted by Crippen LogP contribution is -2.51. The van der Waals surface area contributed by atoms with Crippen LogP contribution in [0.4, 0.5) is 11.4 Å². The molecule has 2 heterocycles. The predicted molar refractivity (Wildman–Crippen MR) is 117 cm³/mol. The molecule has 0 aliphatic carbocycles. The number of benzene rings is 2. The second kappa shape index (κ2) is 8.25. The van der Waals surface area contributed by atoms with Crippen LogP contribution < -0.4 is 9.80 Å². The molecular weight excluding hydrogens is 409 g/mol. The first kappa shape index (κ1) is 20.0. The van der Waals surface area contributed by atoms with Gasteiger partial charge in [-0.25, -0.2) is 0 Å². The number of piperazine rings is 1. The summed E-state index contributed by atoms with van der Waals surface area (Å²) in [5.41, 5.74) is 3.06. The molecular formula is C22H23Cl2N3O2. The van der Waals surface area contributed by atoms with Gasteiger partial charge in [-0.1, -0.05) is 29.3 Å². The van der Waals surface area contributed by atoms with Crippen LogP contribution in [-0.4, -0.2) is 49.4 Å². The van der Waals surface area contributed by atoms with Crippen LogP contribution in [0.15, 0.2) is 42.5 Å². The van der Waals surface area contributed by atoms with Crippen LogP contribution in [0.5, 0.6) is 0 Å². The minimum atomic E-state index is -0.592. The van der Waals surface area contributed by atoms with E-state index < -0.39 is 5.92 Å². The maximum Gasteiger partial charge on any atom is 0.239 e. The van der Waals surface area contributed by atoms with Crippen LogP contribution in [0.1, 0.15) is 12.0 Å². The Labute approximate surface area is 180 Å². The summed E-state index contributed by atoms with van der Waals surface area (Å²) in [4.78, 5) is 31.6. The summed E-state index contributed by atoms with van der Waals surface area (Å²) in [5.74, 6) is -0.774. The second-order valence-corrected chi connectivity index (χ2v) is 8.42. The molecule has 2 aliphatic rings. The fraction of sp³-hybridized carbons (Fsp3) is 0.364. The van der Waals surface area contributed by atoms with Gasteiger partial charge < -0.3 is 14.7 Å². The number of aryl methyl sites for hydroxylation is 1. The van der Waals surface area contributed by atoms with Gasteiger partial charge in [0.05, 0.1) is 0 Å². The Morgan fingerprint density at radius 2 is 1.59 bits per heavy atom. The maximum atomic E-state index is 13.0. The molecule has 0 spiro atoms. The second-order valence-electron chi connectivity index (χ2n) is 7.55. The van der Waals surface area contributed by atoms with Crippen LogP contribution >= 0.6 is 23.2 Å². The van der Waals surface area contributed by atoms with Crippen molar-refractivity contribution in [1.29, 1.82) is 0 Å². The van der Waals surface area contributed by atoms with Crippen molar-refractivity contribution in [1.82, 2.24) is 4.90 Å².